The third-order valence-corrected chi connectivity index (χ3v) is 7.33. The number of fused-ring (bicyclic) bond motifs is 1. The van der Waals surface area contributed by atoms with Crippen molar-refractivity contribution in [2.24, 2.45) is 0 Å². The van der Waals surface area contributed by atoms with E-state index in [0.717, 1.165) is 27.9 Å². The SMILES string of the molecule is COc1cccc(-c2c(CCCC(=O)O)c(-c3ccc(Oc4ccc(Cl)c(Cl)c4)c(OC)c3)c3c(N)ncnn23)c1. The van der Waals surface area contributed by atoms with Crippen LogP contribution in [0.4, 0.5) is 5.82 Å². The summed E-state index contributed by atoms with van der Waals surface area (Å²) in [6.45, 7) is 0. The van der Waals surface area contributed by atoms with Gasteiger partial charge in [0.05, 0.1) is 30.0 Å². The first-order chi connectivity index (χ1) is 19.8. The largest absolute Gasteiger partial charge is 0.497 e. The number of ether oxygens (including phenoxy) is 3. The topological polar surface area (TPSA) is 121 Å². The number of benzene rings is 3. The van der Waals surface area contributed by atoms with E-state index in [-0.39, 0.29) is 12.2 Å². The summed E-state index contributed by atoms with van der Waals surface area (Å²) in [7, 11) is 3.15. The summed E-state index contributed by atoms with van der Waals surface area (Å²) in [6.07, 6.45) is 2.25. The molecule has 0 aliphatic heterocycles. The third kappa shape index (κ3) is 5.73. The average molecular weight is 593 g/mol. The first-order valence-electron chi connectivity index (χ1n) is 12.6. The number of carboxylic acids is 1. The van der Waals surface area contributed by atoms with Gasteiger partial charge in [0.25, 0.3) is 0 Å². The number of hydrogen-bond donors (Lipinski definition) is 2. The Balaban J connectivity index is 1.70. The highest BCUT2D eigenvalue weighted by Crippen LogP contribution is 2.44. The van der Waals surface area contributed by atoms with Crippen molar-refractivity contribution in [3.05, 3.63) is 82.6 Å². The number of nitrogens with two attached hydrogens (primary N) is 1. The number of methoxy groups -OCH3 is 2. The number of carboxylic acid groups (broad SMARTS) is 1. The number of carbonyl (C=O) groups is 1. The van der Waals surface area contributed by atoms with E-state index in [1.54, 1.807) is 43.0 Å². The molecule has 210 valence electrons. The normalized spacial score (nSPS) is 11.0. The van der Waals surface area contributed by atoms with Gasteiger partial charge in [0.15, 0.2) is 17.3 Å². The number of rotatable bonds is 10. The lowest BCUT2D eigenvalue weighted by atomic mass is 9.94. The third-order valence-electron chi connectivity index (χ3n) is 6.59. The molecule has 9 nitrogen and oxygen atoms in total. The van der Waals surface area contributed by atoms with Crippen molar-refractivity contribution in [2.75, 3.05) is 20.0 Å². The molecule has 2 heterocycles. The van der Waals surface area contributed by atoms with E-state index in [1.165, 1.54) is 6.33 Å². The van der Waals surface area contributed by atoms with Crippen LogP contribution in [0.2, 0.25) is 10.0 Å². The van der Waals surface area contributed by atoms with Crippen molar-refractivity contribution in [3.63, 3.8) is 0 Å². The Morgan fingerprint density at radius 2 is 1.78 bits per heavy atom. The molecule has 5 rings (SSSR count). The Hall–Kier alpha value is -4.47. The van der Waals surface area contributed by atoms with Gasteiger partial charge in [0.1, 0.15) is 23.3 Å². The van der Waals surface area contributed by atoms with E-state index in [2.05, 4.69) is 10.1 Å². The molecule has 0 saturated carbocycles. The number of halogens is 2. The monoisotopic (exact) mass is 592 g/mol. The van der Waals surface area contributed by atoms with Gasteiger partial charge in [-0.1, -0.05) is 41.4 Å². The van der Waals surface area contributed by atoms with E-state index >= 15 is 0 Å². The molecule has 3 N–H and O–H groups in total. The van der Waals surface area contributed by atoms with Crippen LogP contribution < -0.4 is 19.9 Å². The molecule has 0 fully saturated rings. The Kier molecular flexibility index (Phi) is 8.19. The fourth-order valence-corrected chi connectivity index (χ4v) is 5.06. The summed E-state index contributed by atoms with van der Waals surface area (Å²) in [5.41, 5.74) is 11.0. The van der Waals surface area contributed by atoms with Gasteiger partial charge in [-0.15, -0.1) is 0 Å². The summed E-state index contributed by atoms with van der Waals surface area (Å²) in [6, 6.07) is 18.1. The molecule has 2 aromatic heterocycles. The highest BCUT2D eigenvalue weighted by Gasteiger charge is 2.25. The molecule has 5 aromatic rings. The standard InChI is InChI=1S/C30H26Cl2N4O5/c1-39-19-6-3-5-18(13-19)28-21(7-4-8-26(37)38)27(29-30(33)34-16-35-36(28)29)17-9-12-24(25(14-17)40-2)41-20-10-11-22(31)23(32)15-20/h3,5-6,9-16H,4,7-8H2,1-2H3,(H,37,38)(H2,33,34,35). The Morgan fingerprint density at radius 1 is 0.951 bits per heavy atom. The van der Waals surface area contributed by atoms with Gasteiger partial charge in [0.2, 0.25) is 0 Å². The Morgan fingerprint density at radius 3 is 2.51 bits per heavy atom. The summed E-state index contributed by atoms with van der Waals surface area (Å²) in [5, 5.41) is 14.7. The van der Waals surface area contributed by atoms with Gasteiger partial charge < -0.3 is 25.1 Å². The van der Waals surface area contributed by atoms with Gasteiger partial charge in [-0.2, -0.15) is 5.10 Å². The first-order valence-corrected chi connectivity index (χ1v) is 13.4. The lowest BCUT2D eigenvalue weighted by Crippen LogP contribution is -2.01. The van der Waals surface area contributed by atoms with Crippen LogP contribution in [0.5, 0.6) is 23.0 Å². The fourth-order valence-electron chi connectivity index (χ4n) is 4.77. The maximum Gasteiger partial charge on any atom is 0.303 e. The van der Waals surface area contributed by atoms with E-state index < -0.39 is 5.97 Å². The Bertz CT molecular complexity index is 1760. The van der Waals surface area contributed by atoms with Crippen LogP contribution in [-0.2, 0) is 11.2 Å². The van der Waals surface area contributed by atoms with Gasteiger partial charge in [-0.05, 0) is 60.4 Å². The second-order valence-electron chi connectivity index (χ2n) is 9.13. The van der Waals surface area contributed by atoms with Gasteiger partial charge in [0, 0.05) is 23.6 Å². The van der Waals surface area contributed by atoms with Crippen molar-refractivity contribution in [2.45, 2.75) is 19.3 Å². The zero-order valence-corrected chi connectivity index (χ0v) is 23.7. The van der Waals surface area contributed by atoms with E-state index in [1.807, 2.05) is 36.4 Å². The van der Waals surface area contributed by atoms with Crippen LogP contribution in [0.1, 0.15) is 18.4 Å². The van der Waals surface area contributed by atoms with Crippen LogP contribution >= 0.6 is 23.2 Å². The van der Waals surface area contributed by atoms with Crippen LogP contribution in [-0.4, -0.2) is 39.9 Å². The molecule has 0 aliphatic carbocycles. The van der Waals surface area contributed by atoms with Crippen molar-refractivity contribution in [1.29, 1.82) is 0 Å². The molecule has 0 bridgehead atoms. The summed E-state index contributed by atoms with van der Waals surface area (Å²) in [5.74, 6) is 1.49. The zero-order chi connectivity index (χ0) is 29.1. The van der Waals surface area contributed by atoms with Crippen molar-refractivity contribution < 1.29 is 24.1 Å². The minimum atomic E-state index is -0.872. The molecular formula is C30H26Cl2N4O5. The second kappa shape index (κ2) is 12.0. The molecule has 11 heteroatoms. The van der Waals surface area contributed by atoms with Gasteiger partial charge >= 0.3 is 5.97 Å². The van der Waals surface area contributed by atoms with Crippen LogP contribution in [0.25, 0.3) is 27.9 Å². The molecule has 3 aromatic carbocycles. The number of aliphatic carboxylic acids is 1. The van der Waals surface area contributed by atoms with Crippen LogP contribution in [0.3, 0.4) is 0 Å². The predicted octanol–water partition coefficient (Wildman–Crippen LogP) is 7.17. The molecule has 41 heavy (non-hydrogen) atoms. The van der Waals surface area contributed by atoms with Crippen LogP contribution in [0.15, 0.2) is 67.0 Å². The molecule has 0 unspecified atom stereocenters. The molecule has 0 atom stereocenters. The smallest absolute Gasteiger partial charge is 0.303 e. The molecule has 0 spiro atoms. The highest BCUT2D eigenvalue weighted by molar-refractivity contribution is 6.42. The number of nitrogen functional groups attached to an aromatic ring is 1. The fraction of sp³-hybridized carbons (Fsp3) is 0.167. The summed E-state index contributed by atoms with van der Waals surface area (Å²) < 4.78 is 19.0. The van der Waals surface area contributed by atoms with Crippen LogP contribution in [0, 0.1) is 0 Å². The minimum absolute atomic E-state index is 0.00406. The summed E-state index contributed by atoms with van der Waals surface area (Å²) >= 11 is 12.2. The van der Waals surface area contributed by atoms with Gasteiger partial charge in [-0.3, -0.25) is 4.79 Å². The minimum Gasteiger partial charge on any atom is -0.497 e. The predicted molar refractivity (Wildman–Crippen MR) is 158 cm³/mol. The lowest BCUT2D eigenvalue weighted by Gasteiger charge is -2.14. The molecular weight excluding hydrogens is 567 g/mol. The lowest BCUT2D eigenvalue weighted by molar-refractivity contribution is -0.137. The zero-order valence-electron chi connectivity index (χ0n) is 22.2. The first kappa shape index (κ1) is 28.1. The molecule has 0 amide bonds. The molecule has 0 saturated heterocycles. The number of hydrogen-bond acceptors (Lipinski definition) is 7. The van der Waals surface area contributed by atoms with Crippen molar-refractivity contribution in [3.8, 4) is 45.4 Å². The Labute approximate surface area is 246 Å². The highest BCUT2D eigenvalue weighted by atomic mass is 35.5. The maximum atomic E-state index is 11.4. The molecule has 0 radical (unpaired) electrons. The van der Waals surface area contributed by atoms with Crippen molar-refractivity contribution in [1.82, 2.24) is 14.6 Å². The van der Waals surface area contributed by atoms with Gasteiger partial charge in [-0.25, -0.2) is 9.50 Å². The summed E-state index contributed by atoms with van der Waals surface area (Å²) in [4.78, 5) is 15.7. The maximum absolute atomic E-state index is 11.4. The van der Waals surface area contributed by atoms with E-state index in [4.69, 9.17) is 43.1 Å². The second-order valence-corrected chi connectivity index (χ2v) is 9.95. The number of aromatic nitrogens is 3. The van der Waals surface area contributed by atoms with E-state index in [0.29, 0.717) is 51.4 Å². The molecule has 0 aliphatic rings. The quantitative estimate of drug-likeness (QED) is 0.175. The van der Waals surface area contributed by atoms with E-state index in [9.17, 15) is 9.90 Å². The average Bonchev–Trinajstić information content (AvgIpc) is 3.30. The van der Waals surface area contributed by atoms with Crippen molar-refractivity contribution >= 4 is 40.5 Å². The number of anilines is 1. The number of nitrogens with zero attached hydrogens (tertiary/aromatic N) is 3.